The second-order valence-electron chi connectivity index (χ2n) is 5.18. The molecule has 20 heavy (non-hydrogen) atoms. The lowest BCUT2D eigenvalue weighted by Gasteiger charge is -2.26. The van der Waals surface area contributed by atoms with E-state index in [0.717, 1.165) is 24.6 Å². The van der Waals surface area contributed by atoms with Crippen LogP contribution < -0.4 is 10.1 Å². The lowest BCUT2D eigenvalue weighted by Crippen LogP contribution is -2.33. The molecule has 1 fully saturated rings. The molecule has 1 N–H and O–H groups in total. The van der Waals surface area contributed by atoms with Crippen LogP contribution >= 0.6 is 0 Å². The zero-order valence-corrected chi connectivity index (χ0v) is 12.2. The first kappa shape index (κ1) is 14.9. The van der Waals surface area contributed by atoms with Crippen LogP contribution in [-0.2, 0) is 4.79 Å². The Morgan fingerprint density at radius 1 is 1.20 bits per heavy atom. The van der Waals surface area contributed by atoms with Crippen LogP contribution in [-0.4, -0.2) is 37.0 Å². The third kappa shape index (κ3) is 4.85. The van der Waals surface area contributed by atoms with Crippen LogP contribution in [0.5, 0.6) is 5.75 Å². The molecule has 4 nitrogen and oxygen atoms in total. The van der Waals surface area contributed by atoms with Crippen molar-refractivity contribution < 1.29 is 9.53 Å². The number of hydrogen-bond donors (Lipinski definition) is 1. The second-order valence-corrected chi connectivity index (χ2v) is 5.18. The first-order valence-corrected chi connectivity index (χ1v) is 7.53. The fourth-order valence-electron chi connectivity index (χ4n) is 2.36. The molecule has 0 saturated carbocycles. The monoisotopic (exact) mass is 276 g/mol. The Labute approximate surface area is 121 Å². The van der Waals surface area contributed by atoms with Crippen molar-refractivity contribution in [3.05, 3.63) is 24.3 Å². The van der Waals surface area contributed by atoms with Crippen LogP contribution in [0, 0.1) is 0 Å². The molecule has 1 saturated heterocycles. The fraction of sp³-hybridized carbons (Fsp3) is 0.562. The van der Waals surface area contributed by atoms with Crippen LogP contribution in [0.2, 0.25) is 0 Å². The fourth-order valence-corrected chi connectivity index (χ4v) is 2.36. The van der Waals surface area contributed by atoms with Gasteiger partial charge in [-0.05, 0) is 50.2 Å². The molecule has 2 rings (SSSR count). The van der Waals surface area contributed by atoms with Gasteiger partial charge >= 0.3 is 0 Å². The van der Waals surface area contributed by atoms with E-state index in [2.05, 4.69) is 10.2 Å². The van der Waals surface area contributed by atoms with Gasteiger partial charge in [0.05, 0.1) is 0 Å². The number of hydrogen-bond acceptors (Lipinski definition) is 3. The number of benzene rings is 1. The molecule has 0 unspecified atom stereocenters. The quantitative estimate of drug-likeness (QED) is 0.868. The molecule has 0 atom stereocenters. The molecular weight excluding hydrogens is 252 g/mol. The largest absolute Gasteiger partial charge is 0.492 e. The zero-order chi connectivity index (χ0) is 14.2. The summed E-state index contributed by atoms with van der Waals surface area (Å²) >= 11 is 0. The third-order valence-corrected chi connectivity index (χ3v) is 3.58. The average molecular weight is 276 g/mol. The summed E-state index contributed by atoms with van der Waals surface area (Å²) in [7, 11) is 0. The minimum Gasteiger partial charge on any atom is -0.492 e. The van der Waals surface area contributed by atoms with Gasteiger partial charge in [0.2, 0.25) is 5.91 Å². The predicted molar refractivity (Wildman–Crippen MR) is 81.1 cm³/mol. The van der Waals surface area contributed by atoms with E-state index in [0.29, 0.717) is 6.42 Å². The molecule has 0 radical (unpaired) electrons. The van der Waals surface area contributed by atoms with Crippen LogP contribution in [0.15, 0.2) is 24.3 Å². The Balaban J connectivity index is 1.71. The van der Waals surface area contributed by atoms with Gasteiger partial charge in [-0.3, -0.25) is 9.69 Å². The van der Waals surface area contributed by atoms with Gasteiger partial charge < -0.3 is 10.1 Å². The molecule has 1 aliphatic heterocycles. The lowest BCUT2D eigenvalue weighted by atomic mass is 10.1. The number of rotatable bonds is 6. The van der Waals surface area contributed by atoms with Crippen molar-refractivity contribution in [1.29, 1.82) is 0 Å². The number of anilines is 1. The van der Waals surface area contributed by atoms with Crippen molar-refractivity contribution in [3.63, 3.8) is 0 Å². The highest BCUT2D eigenvalue weighted by molar-refractivity contribution is 5.90. The molecule has 1 heterocycles. The van der Waals surface area contributed by atoms with Crippen LogP contribution in [0.1, 0.15) is 32.6 Å². The van der Waals surface area contributed by atoms with E-state index in [1.165, 1.54) is 32.4 Å². The first-order valence-electron chi connectivity index (χ1n) is 7.53. The Morgan fingerprint density at radius 3 is 2.55 bits per heavy atom. The number of ether oxygens (including phenoxy) is 1. The molecule has 0 bridgehead atoms. The van der Waals surface area contributed by atoms with Crippen molar-refractivity contribution in [2.75, 3.05) is 31.6 Å². The van der Waals surface area contributed by atoms with Crippen LogP contribution in [0.25, 0.3) is 0 Å². The maximum absolute atomic E-state index is 11.3. The molecule has 1 aromatic carbocycles. The van der Waals surface area contributed by atoms with Crippen molar-refractivity contribution in [3.8, 4) is 5.75 Å². The third-order valence-electron chi connectivity index (χ3n) is 3.58. The highest BCUT2D eigenvalue weighted by Crippen LogP contribution is 2.16. The molecule has 0 spiro atoms. The number of likely N-dealkylation sites (tertiary alicyclic amines) is 1. The summed E-state index contributed by atoms with van der Waals surface area (Å²) in [6, 6.07) is 7.57. The standard InChI is InChI=1S/C16H24N2O2/c1-2-16(19)17-14-6-8-15(9-7-14)20-13-12-18-10-4-3-5-11-18/h6-9H,2-5,10-13H2,1H3,(H,17,19). The molecular formula is C16H24N2O2. The van der Waals surface area contributed by atoms with Crippen LogP contribution in [0.3, 0.4) is 0 Å². The van der Waals surface area contributed by atoms with E-state index in [4.69, 9.17) is 4.74 Å². The van der Waals surface area contributed by atoms with E-state index < -0.39 is 0 Å². The number of amides is 1. The SMILES string of the molecule is CCC(=O)Nc1ccc(OCCN2CCCCC2)cc1. The molecule has 0 aromatic heterocycles. The molecule has 1 aliphatic rings. The van der Waals surface area contributed by atoms with E-state index in [1.807, 2.05) is 31.2 Å². The van der Waals surface area contributed by atoms with Gasteiger partial charge in [-0.1, -0.05) is 13.3 Å². The Morgan fingerprint density at radius 2 is 1.90 bits per heavy atom. The number of piperidine rings is 1. The van der Waals surface area contributed by atoms with E-state index >= 15 is 0 Å². The maximum atomic E-state index is 11.3. The smallest absolute Gasteiger partial charge is 0.224 e. The Kier molecular flexibility index (Phi) is 5.87. The van der Waals surface area contributed by atoms with E-state index in [9.17, 15) is 4.79 Å². The molecule has 0 aliphatic carbocycles. The van der Waals surface area contributed by atoms with Gasteiger partial charge in [-0.15, -0.1) is 0 Å². The molecule has 1 aromatic rings. The molecule has 110 valence electrons. The molecule has 1 amide bonds. The summed E-state index contributed by atoms with van der Waals surface area (Å²) in [6.45, 7) is 5.96. The van der Waals surface area contributed by atoms with Gasteiger partial charge in [-0.2, -0.15) is 0 Å². The van der Waals surface area contributed by atoms with Gasteiger partial charge in [0.15, 0.2) is 0 Å². The second kappa shape index (κ2) is 7.90. The highest BCUT2D eigenvalue weighted by atomic mass is 16.5. The number of carbonyl (C=O) groups excluding carboxylic acids is 1. The minimum atomic E-state index is 0.0313. The minimum absolute atomic E-state index is 0.0313. The number of nitrogens with one attached hydrogen (secondary N) is 1. The summed E-state index contributed by atoms with van der Waals surface area (Å²) in [5.41, 5.74) is 0.820. The molecule has 4 heteroatoms. The lowest BCUT2D eigenvalue weighted by molar-refractivity contribution is -0.115. The Hall–Kier alpha value is -1.55. The normalized spacial score (nSPS) is 15.8. The highest BCUT2D eigenvalue weighted by Gasteiger charge is 2.09. The van der Waals surface area contributed by atoms with Gasteiger partial charge in [0.1, 0.15) is 12.4 Å². The number of nitrogens with zero attached hydrogens (tertiary/aromatic N) is 1. The van der Waals surface area contributed by atoms with Gasteiger partial charge in [0.25, 0.3) is 0 Å². The first-order chi connectivity index (χ1) is 9.78. The van der Waals surface area contributed by atoms with E-state index in [-0.39, 0.29) is 5.91 Å². The van der Waals surface area contributed by atoms with Crippen molar-refractivity contribution >= 4 is 11.6 Å². The van der Waals surface area contributed by atoms with Gasteiger partial charge in [-0.25, -0.2) is 0 Å². The van der Waals surface area contributed by atoms with Crippen molar-refractivity contribution in [1.82, 2.24) is 4.90 Å². The average Bonchev–Trinajstić information content (AvgIpc) is 2.50. The summed E-state index contributed by atoms with van der Waals surface area (Å²) in [5, 5.41) is 2.82. The Bertz CT molecular complexity index is 411. The predicted octanol–water partition coefficient (Wildman–Crippen LogP) is 2.90. The van der Waals surface area contributed by atoms with Crippen molar-refractivity contribution in [2.45, 2.75) is 32.6 Å². The summed E-state index contributed by atoms with van der Waals surface area (Å²) in [4.78, 5) is 13.7. The van der Waals surface area contributed by atoms with E-state index in [1.54, 1.807) is 0 Å². The number of carbonyl (C=O) groups is 1. The zero-order valence-electron chi connectivity index (χ0n) is 12.2. The summed E-state index contributed by atoms with van der Waals surface area (Å²) in [5.74, 6) is 0.889. The van der Waals surface area contributed by atoms with Crippen LogP contribution in [0.4, 0.5) is 5.69 Å². The summed E-state index contributed by atoms with van der Waals surface area (Å²) < 4.78 is 5.74. The van der Waals surface area contributed by atoms with Crippen molar-refractivity contribution in [2.24, 2.45) is 0 Å². The maximum Gasteiger partial charge on any atom is 0.224 e. The topological polar surface area (TPSA) is 41.6 Å². The van der Waals surface area contributed by atoms with Gasteiger partial charge in [0, 0.05) is 18.7 Å². The summed E-state index contributed by atoms with van der Waals surface area (Å²) in [6.07, 6.45) is 4.48.